The predicted octanol–water partition coefficient (Wildman–Crippen LogP) is 2.06. The second-order valence-corrected chi connectivity index (χ2v) is 5.63. The molecule has 0 aromatic heterocycles. The SMILES string of the molecule is NCC1(CO)CC2(CCCCCC2)C1. The molecule has 14 heavy (non-hydrogen) atoms. The van der Waals surface area contributed by atoms with Crippen LogP contribution in [0, 0.1) is 10.8 Å². The molecular formula is C12H23NO. The zero-order valence-electron chi connectivity index (χ0n) is 9.10. The van der Waals surface area contributed by atoms with Crippen molar-refractivity contribution in [1.82, 2.24) is 0 Å². The third kappa shape index (κ3) is 1.70. The van der Waals surface area contributed by atoms with Crippen LogP contribution in [0.1, 0.15) is 51.4 Å². The van der Waals surface area contributed by atoms with Gasteiger partial charge in [-0.3, -0.25) is 0 Å². The summed E-state index contributed by atoms with van der Waals surface area (Å²) >= 11 is 0. The summed E-state index contributed by atoms with van der Waals surface area (Å²) in [5.74, 6) is 0. The summed E-state index contributed by atoms with van der Waals surface area (Å²) in [4.78, 5) is 0. The molecule has 2 aliphatic rings. The van der Waals surface area contributed by atoms with Gasteiger partial charge in [0.1, 0.15) is 0 Å². The molecule has 2 saturated carbocycles. The number of aliphatic hydroxyl groups excluding tert-OH is 1. The maximum absolute atomic E-state index is 9.34. The first-order chi connectivity index (χ1) is 6.74. The van der Waals surface area contributed by atoms with Crippen molar-refractivity contribution < 1.29 is 5.11 Å². The maximum Gasteiger partial charge on any atom is 0.0499 e. The number of hydrogen-bond donors (Lipinski definition) is 2. The Morgan fingerprint density at radius 2 is 1.57 bits per heavy atom. The standard InChI is InChI=1S/C12H23NO/c13-9-12(10-14)7-11(8-12)5-3-1-2-4-6-11/h14H,1-10,13H2. The van der Waals surface area contributed by atoms with E-state index < -0.39 is 0 Å². The Hall–Kier alpha value is -0.0800. The van der Waals surface area contributed by atoms with Crippen LogP contribution in [0.5, 0.6) is 0 Å². The van der Waals surface area contributed by atoms with Crippen molar-refractivity contribution in [2.75, 3.05) is 13.2 Å². The second-order valence-electron chi connectivity index (χ2n) is 5.63. The summed E-state index contributed by atoms with van der Waals surface area (Å²) in [5, 5.41) is 9.34. The largest absolute Gasteiger partial charge is 0.396 e. The molecular weight excluding hydrogens is 174 g/mol. The molecule has 2 nitrogen and oxygen atoms in total. The van der Waals surface area contributed by atoms with Crippen molar-refractivity contribution in [2.45, 2.75) is 51.4 Å². The van der Waals surface area contributed by atoms with Crippen LogP contribution in [-0.2, 0) is 0 Å². The van der Waals surface area contributed by atoms with E-state index in [9.17, 15) is 5.11 Å². The van der Waals surface area contributed by atoms with Crippen molar-refractivity contribution in [3.8, 4) is 0 Å². The van der Waals surface area contributed by atoms with Crippen LogP contribution in [0.4, 0.5) is 0 Å². The molecule has 2 aliphatic carbocycles. The van der Waals surface area contributed by atoms with Gasteiger partial charge in [0.2, 0.25) is 0 Å². The zero-order valence-corrected chi connectivity index (χ0v) is 9.10. The molecule has 0 aliphatic heterocycles. The van der Waals surface area contributed by atoms with Gasteiger partial charge in [0.05, 0.1) is 0 Å². The highest BCUT2D eigenvalue weighted by Crippen LogP contribution is 2.59. The molecule has 0 radical (unpaired) electrons. The van der Waals surface area contributed by atoms with E-state index in [1.807, 2.05) is 0 Å². The van der Waals surface area contributed by atoms with Gasteiger partial charge < -0.3 is 10.8 Å². The van der Waals surface area contributed by atoms with Crippen molar-refractivity contribution in [1.29, 1.82) is 0 Å². The van der Waals surface area contributed by atoms with E-state index in [1.54, 1.807) is 0 Å². The molecule has 82 valence electrons. The van der Waals surface area contributed by atoms with E-state index in [2.05, 4.69) is 0 Å². The lowest BCUT2D eigenvalue weighted by Crippen LogP contribution is -2.52. The maximum atomic E-state index is 9.34. The molecule has 2 heteroatoms. The highest BCUT2D eigenvalue weighted by molar-refractivity contribution is 5.03. The van der Waals surface area contributed by atoms with Crippen LogP contribution >= 0.6 is 0 Å². The van der Waals surface area contributed by atoms with Crippen LogP contribution in [-0.4, -0.2) is 18.3 Å². The lowest BCUT2D eigenvalue weighted by Gasteiger charge is -2.55. The third-order valence-electron chi connectivity index (χ3n) is 4.43. The van der Waals surface area contributed by atoms with Crippen molar-refractivity contribution in [3.63, 3.8) is 0 Å². The highest BCUT2D eigenvalue weighted by Gasteiger charge is 2.52. The lowest BCUT2D eigenvalue weighted by atomic mass is 9.50. The van der Waals surface area contributed by atoms with Crippen LogP contribution in [0.3, 0.4) is 0 Å². The topological polar surface area (TPSA) is 46.2 Å². The van der Waals surface area contributed by atoms with Gasteiger partial charge in [-0.15, -0.1) is 0 Å². The average molecular weight is 197 g/mol. The number of nitrogens with two attached hydrogens (primary N) is 1. The minimum Gasteiger partial charge on any atom is -0.396 e. The predicted molar refractivity (Wildman–Crippen MR) is 57.9 cm³/mol. The Labute approximate surface area is 86.9 Å². The molecule has 0 aromatic carbocycles. The average Bonchev–Trinajstić information content (AvgIpc) is 2.40. The Kier molecular flexibility index (Phi) is 2.85. The Morgan fingerprint density at radius 3 is 2.00 bits per heavy atom. The molecule has 0 heterocycles. The summed E-state index contributed by atoms with van der Waals surface area (Å²) in [6.45, 7) is 0.969. The first-order valence-electron chi connectivity index (χ1n) is 6.05. The van der Waals surface area contributed by atoms with Crippen molar-refractivity contribution >= 4 is 0 Å². The molecule has 2 rings (SSSR count). The fourth-order valence-electron chi connectivity index (χ4n) is 3.69. The van der Waals surface area contributed by atoms with Crippen molar-refractivity contribution in [2.24, 2.45) is 16.6 Å². The number of aliphatic hydroxyl groups is 1. The van der Waals surface area contributed by atoms with Crippen molar-refractivity contribution in [3.05, 3.63) is 0 Å². The van der Waals surface area contributed by atoms with E-state index in [-0.39, 0.29) is 5.41 Å². The normalized spacial score (nSPS) is 29.6. The van der Waals surface area contributed by atoms with Gasteiger partial charge in [-0.25, -0.2) is 0 Å². The second kappa shape index (κ2) is 3.82. The minimum atomic E-state index is 0.102. The molecule has 0 unspecified atom stereocenters. The summed E-state index contributed by atoms with van der Waals surface area (Å²) < 4.78 is 0. The molecule has 0 aromatic rings. The molecule has 1 spiro atoms. The summed E-state index contributed by atoms with van der Waals surface area (Å²) in [6.07, 6.45) is 10.8. The van der Waals surface area contributed by atoms with Crippen LogP contribution in [0.2, 0.25) is 0 Å². The van der Waals surface area contributed by atoms with Gasteiger partial charge >= 0.3 is 0 Å². The molecule has 0 atom stereocenters. The van der Waals surface area contributed by atoms with E-state index in [0.717, 1.165) is 0 Å². The first kappa shape index (κ1) is 10.4. The summed E-state index contributed by atoms with van der Waals surface area (Å²) in [7, 11) is 0. The van der Waals surface area contributed by atoms with Gasteiger partial charge in [-0.2, -0.15) is 0 Å². The minimum absolute atomic E-state index is 0.102. The van der Waals surface area contributed by atoms with Gasteiger partial charge in [-0.1, -0.05) is 25.7 Å². The lowest BCUT2D eigenvalue weighted by molar-refractivity contribution is -0.0781. The first-order valence-corrected chi connectivity index (χ1v) is 6.05. The van der Waals surface area contributed by atoms with Gasteiger partial charge in [0.25, 0.3) is 0 Å². The molecule has 0 amide bonds. The molecule has 0 saturated heterocycles. The quantitative estimate of drug-likeness (QED) is 0.711. The van der Waals surface area contributed by atoms with E-state index in [1.165, 1.54) is 51.4 Å². The molecule has 2 fully saturated rings. The van der Waals surface area contributed by atoms with E-state index >= 15 is 0 Å². The summed E-state index contributed by atoms with van der Waals surface area (Å²) in [6, 6.07) is 0. The van der Waals surface area contributed by atoms with Gasteiger partial charge in [0, 0.05) is 18.6 Å². The molecule has 0 bridgehead atoms. The van der Waals surface area contributed by atoms with Gasteiger partial charge in [0.15, 0.2) is 0 Å². The smallest absolute Gasteiger partial charge is 0.0499 e. The van der Waals surface area contributed by atoms with E-state index in [0.29, 0.717) is 18.6 Å². The number of rotatable bonds is 2. The van der Waals surface area contributed by atoms with Gasteiger partial charge in [-0.05, 0) is 31.1 Å². The number of hydrogen-bond acceptors (Lipinski definition) is 2. The fraction of sp³-hybridized carbons (Fsp3) is 1.00. The highest BCUT2D eigenvalue weighted by atomic mass is 16.3. The van der Waals surface area contributed by atoms with E-state index in [4.69, 9.17) is 5.73 Å². The Morgan fingerprint density at radius 1 is 1.00 bits per heavy atom. The monoisotopic (exact) mass is 197 g/mol. The Balaban J connectivity index is 1.94. The fourth-order valence-corrected chi connectivity index (χ4v) is 3.69. The van der Waals surface area contributed by atoms with Crippen LogP contribution < -0.4 is 5.73 Å². The molecule has 3 N–H and O–H groups in total. The third-order valence-corrected chi connectivity index (χ3v) is 4.43. The zero-order chi connectivity index (χ0) is 10.1. The summed E-state index contributed by atoms with van der Waals surface area (Å²) in [5.41, 5.74) is 6.43. The van der Waals surface area contributed by atoms with Crippen LogP contribution in [0.15, 0.2) is 0 Å². The van der Waals surface area contributed by atoms with Crippen LogP contribution in [0.25, 0.3) is 0 Å². The Bertz CT molecular complexity index is 180.